The molecule has 27 heavy (non-hydrogen) atoms. The van der Waals surface area contributed by atoms with Crippen molar-refractivity contribution >= 4 is 17.9 Å². The first-order valence-electron chi connectivity index (χ1n) is 8.63. The smallest absolute Gasteiger partial charge is 0.355 e. The van der Waals surface area contributed by atoms with Crippen LogP contribution in [0.15, 0.2) is 30.3 Å². The molecule has 0 fully saturated rings. The molecule has 0 aliphatic heterocycles. The fourth-order valence-electron chi connectivity index (χ4n) is 3.03. The maximum Gasteiger partial charge on any atom is 0.355 e. The van der Waals surface area contributed by atoms with Crippen LogP contribution in [0.3, 0.4) is 0 Å². The van der Waals surface area contributed by atoms with Gasteiger partial charge in [-0.15, -0.1) is 0 Å². The molecule has 0 amide bonds. The highest BCUT2D eigenvalue weighted by atomic mass is 16.5. The van der Waals surface area contributed by atoms with E-state index in [1.54, 1.807) is 11.5 Å². The van der Waals surface area contributed by atoms with Gasteiger partial charge in [-0.25, -0.2) is 9.59 Å². The van der Waals surface area contributed by atoms with Crippen LogP contribution in [0.1, 0.15) is 40.3 Å². The molecule has 0 saturated heterocycles. The maximum absolute atomic E-state index is 12.8. The minimum atomic E-state index is -0.636. The Balaban J connectivity index is 2.89. The summed E-state index contributed by atoms with van der Waals surface area (Å²) < 4.78 is 16.6. The van der Waals surface area contributed by atoms with Crippen LogP contribution in [0.5, 0.6) is 0 Å². The second-order valence-corrected chi connectivity index (χ2v) is 5.63. The minimum Gasteiger partial charge on any atom is -0.469 e. The first-order valence-corrected chi connectivity index (χ1v) is 8.63. The van der Waals surface area contributed by atoms with Gasteiger partial charge in [0.25, 0.3) is 0 Å². The van der Waals surface area contributed by atoms with Crippen molar-refractivity contribution in [1.29, 1.82) is 0 Å². The fraction of sp³-hybridized carbons (Fsp3) is 0.350. The predicted octanol–water partition coefficient (Wildman–Crippen LogP) is 2.85. The molecule has 0 unspecified atom stereocenters. The molecule has 0 spiro atoms. The van der Waals surface area contributed by atoms with E-state index in [0.717, 1.165) is 5.56 Å². The number of rotatable bonds is 7. The summed E-state index contributed by atoms with van der Waals surface area (Å²) in [7, 11) is 2.50. The Morgan fingerprint density at radius 1 is 0.963 bits per heavy atom. The number of esters is 3. The molecular formula is C20H23NO6. The molecule has 1 heterocycles. The van der Waals surface area contributed by atoms with E-state index < -0.39 is 17.9 Å². The van der Waals surface area contributed by atoms with Crippen LogP contribution in [0.25, 0.3) is 11.3 Å². The largest absolute Gasteiger partial charge is 0.469 e. The number of methoxy groups -OCH3 is 2. The Labute approximate surface area is 157 Å². The lowest BCUT2D eigenvalue weighted by Gasteiger charge is -2.11. The molecule has 0 aliphatic carbocycles. The van der Waals surface area contributed by atoms with Gasteiger partial charge in [-0.2, -0.15) is 0 Å². The number of nitrogens with zero attached hydrogens (tertiary/aromatic N) is 1. The van der Waals surface area contributed by atoms with Gasteiger partial charge in [-0.3, -0.25) is 4.79 Å². The van der Waals surface area contributed by atoms with Crippen molar-refractivity contribution in [1.82, 2.24) is 4.57 Å². The van der Waals surface area contributed by atoms with E-state index in [4.69, 9.17) is 14.2 Å². The molecule has 0 N–H and O–H groups in total. The van der Waals surface area contributed by atoms with Crippen molar-refractivity contribution in [3.05, 3.63) is 47.2 Å². The topological polar surface area (TPSA) is 83.8 Å². The summed E-state index contributed by atoms with van der Waals surface area (Å²) in [6.45, 7) is 4.09. The second kappa shape index (κ2) is 9.02. The predicted molar refractivity (Wildman–Crippen MR) is 98.6 cm³/mol. The third-order valence-corrected chi connectivity index (χ3v) is 4.13. The fourth-order valence-corrected chi connectivity index (χ4v) is 3.03. The quantitative estimate of drug-likeness (QED) is 0.548. The van der Waals surface area contributed by atoms with Gasteiger partial charge < -0.3 is 18.8 Å². The van der Waals surface area contributed by atoms with Crippen LogP contribution in [-0.2, 0) is 32.0 Å². The normalized spacial score (nSPS) is 10.4. The molecule has 2 rings (SSSR count). The molecule has 144 valence electrons. The Hall–Kier alpha value is -3.09. The molecule has 0 aliphatic rings. The Kier molecular flexibility index (Phi) is 6.76. The van der Waals surface area contributed by atoms with Gasteiger partial charge in [0, 0.05) is 12.1 Å². The summed E-state index contributed by atoms with van der Waals surface area (Å²) in [5.74, 6) is -1.81. The highest BCUT2D eigenvalue weighted by Crippen LogP contribution is 2.34. The summed E-state index contributed by atoms with van der Waals surface area (Å²) in [6.07, 6.45) is -0.248. The minimum absolute atomic E-state index is 0.146. The van der Waals surface area contributed by atoms with E-state index in [0.29, 0.717) is 12.2 Å². The number of hydrogen-bond donors (Lipinski definition) is 0. The number of carbonyl (C=O) groups is 3. The van der Waals surface area contributed by atoms with E-state index >= 15 is 0 Å². The van der Waals surface area contributed by atoms with Gasteiger partial charge in [-0.05, 0) is 19.4 Å². The summed E-state index contributed by atoms with van der Waals surface area (Å²) in [5, 5.41) is 0. The lowest BCUT2D eigenvalue weighted by Crippen LogP contribution is -2.16. The molecule has 0 bridgehead atoms. The molecule has 0 radical (unpaired) electrons. The van der Waals surface area contributed by atoms with Gasteiger partial charge in [0.2, 0.25) is 0 Å². The number of aromatic nitrogens is 1. The van der Waals surface area contributed by atoms with Crippen LogP contribution in [0, 0.1) is 0 Å². The Morgan fingerprint density at radius 3 is 2.15 bits per heavy atom. The van der Waals surface area contributed by atoms with Gasteiger partial charge in [0.15, 0.2) is 0 Å². The zero-order valence-corrected chi connectivity index (χ0v) is 15.9. The maximum atomic E-state index is 12.8. The Morgan fingerprint density at radius 2 is 1.63 bits per heavy atom. The van der Waals surface area contributed by atoms with Crippen molar-refractivity contribution in [3.63, 3.8) is 0 Å². The third-order valence-electron chi connectivity index (χ3n) is 4.13. The first kappa shape index (κ1) is 20.2. The number of hydrogen-bond acceptors (Lipinski definition) is 6. The Bertz CT molecular complexity index is 838. The number of benzene rings is 1. The average Bonchev–Trinajstić information content (AvgIpc) is 3.01. The monoisotopic (exact) mass is 373 g/mol. The van der Waals surface area contributed by atoms with Crippen LogP contribution in [0.4, 0.5) is 0 Å². The van der Waals surface area contributed by atoms with E-state index in [2.05, 4.69) is 0 Å². The third kappa shape index (κ3) is 4.02. The molecule has 2 aromatic rings. The highest BCUT2D eigenvalue weighted by Gasteiger charge is 2.33. The number of carbonyl (C=O) groups excluding carboxylic acids is 3. The summed E-state index contributed by atoms with van der Waals surface area (Å²) in [4.78, 5) is 37.3. The average molecular weight is 373 g/mol. The first-order chi connectivity index (χ1) is 13.0. The van der Waals surface area contributed by atoms with Crippen LogP contribution >= 0.6 is 0 Å². The lowest BCUT2D eigenvalue weighted by molar-refractivity contribution is -0.139. The zero-order chi connectivity index (χ0) is 20.0. The lowest BCUT2D eigenvalue weighted by atomic mass is 10.0. The molecule has 1 aromatic heterocycles. The molecular weight excluding hydrogens is 350 g/mol. The van der Waals surface area contributed by atoms with Crippen molar-refractivity contribution < 1.29 is 28.6 Å². The van der Waals surface area contributed by atoms with E-state index in [-0.39, 0.29) is 29.8 Å². The summed E-state index contributed by atoms with van der Waals surface area (Å²) in [6, 6.07) is 9.16. The molecule has 0 saturated carbocycles. The van der Waals surface area contributed by atoms with Crippen LogP contribution in [0.2, 0.25) is 0 Å². The van der Waals surface area contributed by atoms with Gasteiger partial charge in [0.1, 0.15) is 5.69 Å². The summed E-state index contributed by atoms with van der Waals surface area (Å²) in [5.41, 5.74) is 1.80. The van der Waals surface area contributed by atoms with Crippen molar-refractivity contribution in [2.75, 3.05) is 20.8 Å². The van der Waals surface area contributed by atoms with E-state index in [1.807, 2.05) is 37.3 Å². The molecule has 0 atom stereocenters. The standard InChI is InChI=1S/C20H23NO6/c1-5-21-17(13-10-8-7-9-11-13)16(19(23)27-6-2)14(12-15(22)25-3)18(21)20(24)26-4/h7-11H,5-6,12H2,1-4H3. The SMILES string of the molecule is CCOC(=O)c1c(CC(=O)OC)c(C(=O)OC)n(CC)c1-c1ccccc1. The summed E-state index contributed by atoms with van der Waals surface area (Å²) >= 11 is 0. The zero-order valence-electron chi connectivity index (χ0n) is 15.9. The second-order valence-electron chi connectivity index (χ2n) is 5.63. The van der Waals surface area contributed by atoms with Crippen LogP contribution < -0.4 is 0 Å². The molecule has 7 nitrogen and oxygen atoms in total. The van der Waals surface area contributed by atoms with Crippen LogP contribution in [-0.4, -0.2) is 43.3 Å². The van der Waals surface area contributed by atoms with Gasteiger partial charge >= 0.3 is 17.9 Å². The molecule has 7 heteroatoms. The van der Waals surface area contributed by atoms with Crippen molar-refractivity contribution in [3.8, 4) is 11.3 Å². The van der Waals surface area contributed by atoms with Crippen molar-refractivity contribution in [2.45, 2.75) is 26.8 Å². The van der Waals surface area contributed by atoms with E-state index in [1.165, 1.54) is 14.2 Å². The van der Waals surface area contributed by atoms with Gasteiger partial charge in [-0.1, -0.05) is 30.3 Å². The van der Waals surface area contributed by atoms with E-state index in [9.17, 15) is 14.4 Å². The highest BCUT2D eigenvalue weighted by molar-refractivity contribution is 6.05. The van der Waals surface area contributed by atoms with Crippen molar-refractivity contribution in [2.24, 2.45) is 0 Å². The van der Waals surface area contributed by atoms with Gasteiger partial charge in [0.05, 0.1) is 38.5 Å². The molecule has 1 aromatic carbocycles. The number of ether oxygens (including phenoxy) is 3.